The van der Waals surface area contributed by atoms with Crippen LogP contribution in [0.4, 0.5) is 11.4 Å². The van der Waals surface area contributed by atoms with Crippen LogP contribution >= 0.6 is 11.8 Å². The van der Waals surface area contributed by atoms with Crippen molar-refractivity contribution in [3.8, 4) is 0 Å². The molecule has 1 aliphatic carbocycles. The third-order valence-electron chi connectivity index (χ3n) is 3.63. The third kappa shape index (κ3) is 2.56. The van der Waals surface area contributed by atoms with Gasteiger partial charge in [-0.05, 0) is 37.3 Å². The van der Waals surface area contributed by atoms with Gasteiger partial charge in [-0.3, -0.25) is 4.79 Å². The lowest BCUT2D eigenvalue weighted by Crippen LogP contribution is -2.40. The van der Waals surface area contributed by atoms with Crippen LogP contribution in [-0.4, -0.2) is 23.5 Å². The van der Waals surface area contributed by atoms with Crippen molar-refractivity contribution in [1.29, 1.82) is 0 Å². The summed E-state index contributed by atoms with van der Waals surface area (Å²) >= 11 is 1.91. The maximum Gasteiger partial charge on any atom is 0.248 e. The lowest BCUT2D eigenvalue weighted by atomic mass is 9.84. The predicted octanol–water partition coefficient (Wildman–Crippen LogP) is 2.07. The van der Waals surface area contributed by atoms with E-state index in [2.05, 4.69) is 11.6 Å². The second-order valence-electron chi connectivity index (χ2n) is 4.76. The first kappa shape index (κ1) is 13.1. The molecule has 5 N–H and O–H groups in total. The largest absolute Gasteiger partial charge is 0.397 e. The molecule has 98 valence electrons. The van der Waals surface area contributed by atoms with Crippen LogP contribution in [0.15, 0.2) is 18.2 Å². The van der Waals surface area contributed by atoms with Crippen molar-refractivity contribution in [1.82, 2.24) is 0 Å². The zero-order chi connectivity index (χ0) is 13.2. The summed E-state index contributed by atoms with van der Waals surface area (Å²) in [6.45, 7) is 0.911. The third-order valence-corrected chi connectivity index (χ3v) is 5.05. The van der Waals surface area contributed by atoms with E-state index in [9.17, 15) is 4.79 Å². The number of nitrogen functional groups attached to an aromatic ring is 1. The van der Waals surface area contributed by atoms with Crippen LogP contribution in [0.2, 0.25) is 0 Å². The topological polar surface area (TPSA) is 81.1 Å². The van der Waals surface area contributed by atoms with Crippen LogP contribution in [-0.2, 0) is 0 Å². The van der Waals surface area contributed by atoms with Gasteiger partial charge in [-0.1, -0.05) is 6.42 Å². The normalized spacial score (nSPS) is 16.9. The zero-order valence-electron chi connectivity index (χ0n) is 10.5. The van der Waals surface area contributed by atoms with Gasteiger partial charge in [0.1, 0.15) is 0 Å². The molecule has 0 bridgehead atoms. The van der Waals surface area contributed by atoms with Gasteiger partial charge < -0.3 is 16.8 Å². The molecule has 1 saturated carbocycles. The number of carbonyl (C=O) groups is 1. The number of thioether (sulfide) groups is 1. The van der Waals surface area contributed by atoms with Crippen molar-refractivity contribution in [2.45, 2.75) is 24.0 Å². The summed E-state index contributed by atoms with van der Waals surface area (Å²) in [5.41, 5.74) is 13.0. The van der Waals surface area contributed by atoms with Crippen molar-refractivity contribution in [2.24, 2.45) is 5.73 Å². The highest BCUT2D eigenvalue weighted by Crippen LogP contribution is 2.42. The Hall–Kier alpha value is -1.36. The van der Waals surface area contributed by atoms with Crippen molar-refractivity contribution >= 4 is 29.0 Å². The fourth-order valence-electron chi connectivity index (χ4n) is 2.16. The minimum absolute atomic E-state index is 0.356. The molecular weight excluding hydrogens is 246 g/mol. The Labute approximate surface area is 111 Å². The minimum Gasteiger partial charge on any atom is -0.397 e. The van der Waals surface area contributed by atoms with Gasteiger partial charge >= 0.3 is 0 Å². The van der Waals surface area contributed by atoms with E-state index < -0.39 is 5.91 Å². The molecule has 1 aliphatic rings. The summed E-state index contributed by atoms with van der Waals surface area (Å²) in [6, 6.07) is 5.15. The van der Waals surface area contributed by atoms with Gasteiger partial charge in [0, 0.05) is 16.9 Å². The van der Waals surface area contributed by atoms with E-state index in [1.54, 1.807) is 12.1 Å². The Balaban J connectivity index is 2.03. The number of primary amides is 1. The van der Waals surface area contributed by atoms with Crippen LogP contribution < -0.4 is 16.8 Å². The minimum atomic E-state index is -0.451. The number of rotatable bonds is 5. The molecule has 2 rings (SSSR count). The van der Waals surface area contributed by atoms with Gasteiger partial charge in [0.15, 0.2) is 0 Å². The fraction of sp³-hybridized carbons (Fsp3) is 0.462. The average Bonchev–Trinajstić information content (AvgIpc) is 2.29. The van der Waals surface area contributed by atoms with Crippen LogP contribution in [0, 0.1) is 0 Å². The Morgan fingerprint density at radius 3 is 2.67 bits per heavy atom. The fourth-order valence-corrected chi connectivity index (χ4v) is 3.07. The van der Waals surface area contributed by atoms with E-state index in [-0.39, 0.29) is 0 Å². The summed E-state index contributed by atoms with van der Waals surface area (Å²) in [5, 5.41) is 3.37. The standard InChI is InChI=1S/C13H19N3OS/c1-18-13(5-2-6-13)8-16-11-4-3-9(12(15)17)7-10(11)14/h3-4,7,16H,2,5-6,8,14H2,1H3,(H2,15,17). The molecule has 4 nitrogen and oxygen atoms in total. The molecule has 1 fully saturated rings. The van der Waals surface area contributed by atoms with Crippen molar-refractivity contribution in [3.63, 3.8) is 0 Å². The number of amides is 1. The average molecular weight is 265 g/mol. The van der Waals surface area contributed by atoms with Gasteiger partial charge in [0.05, 0.1) is 11.4 Å². The van der Waals surface area contributed by atoms with Crippen LogP contribution in [0.3, 0.4) is 0 Å². The van der Waals surface area contributed by atoms with Gasteiger partial charge in [-0.25, -0.2) is 0 Å². The molecule has 0 atom stereocenters. The summed E-state index contributed by atoms with van der Waals surface area (Å²) in [5.74, 6) is -0.451. The zero-order valence-corrected chi connectivity index (χ0v) is 11.3. The summed E-state index contributed by atoms with van der Waals surface area (Å²) in [7, 11) is 0. The summed E-state index contributed by atoms with van der Waals surface area (Å²) in [4.78, 5) is 11.0. The lowest BCUT2D eigenvalue weighted by molar-refractivity contribution is 0.100. The Bertz CT molecular complexity index is 452. The first-order chi connectivity index (χ1) is 8.56. The molecule has 0 heterocycles. The maximum absolute atomic E-state index is 11.0. The number of hydrogen-bond donors (Lipinski definition) is 3. The van der Waals surface area contributed by atoms with E-state index in [1.807, 2.05) is 17.8 Å². The number of hydrogen-bond acceptors (Lipinski definition) is 4. The molecule has 0 spiro atoms. The van der Waals surface area contributed by atoms with Gasteiger partial charge in [0.2, 0.25) is 5.91 Å². The van der Waals surface area contributed by atoms with E-state index in [0.29, 0.717) is 16.0 Å². The number of benzene rings is 1. The molecule has 1 aromatic rings. The van der Waals surface area contributed by atoms with Crippen LogP contribution in [0.5, 0.6) is 0 Å². The molecule has 0 aromatic heterocycles. The van der Waals surface area contributed by atoms with E-state index in [1.165, 1.54) is 19.3 Å². The second kappa shape index (κ2) is 5.10. The van der Waals surface area contributed by atoms with E-state index >= 15 is 0 Å². The van der Waals surface area contributed by atoms with Crippen molar-refractivity contribution < 1.29 is 4.79 Å². The van der Waals surface area contributed by atoms with E-state index in [4.69, 9.17) is 11.5 Å². The number of nitrogens with two attached hydrogens (primary N) is 2. The lowest BCUT2D eigenvalue weighted by Gasteiger charge is -2.40. The molecule has 1 amide bonds. The molecular formula is C13H19N3OS. The predicted molar refractivity (Wildman–Crippen MR) is 78.0 cm³/mol. The van der Waals surface area contributed by atoms with Gasteiger partial charge in [-0.2, -0.15) is 11.8 Å². The first-order valence-electron chi connectivity index (χ1n) is 6.05. The second-order valence-corrected chi connectivity index (χ2v) is 6.03. The summed E-state index contributed by atoms with van der Waals surface area (Å²) in [6.07, 6.45) is 5.96. The highest BCUT2D eigenvalue weighted by molar-refractivity contribution is 8.00. The molecule has 0 saturated heterocycles. The number of nitrogens with one attached hydrogen (secondary N) is 1. The number of carbonyl (C=O) groups excluding carboxylic acids is 1. The van der Waals surface area contributed by atoms with Gasteiger partial charge in [-0.15, -0.1) is 0 Å². The van der Waals surface area contributed by atoms with Crippen molar-refractivity contribution in [2.75, 3.05) is 23.9 Å². The van der Waals surface area contributed by atoms with Crippen LogP contribution in [0.1, 0.15) is 29.6 Å². The Kier molecular flexibility index (Phi) is 3.71. The van der Waals surface area contributed by atoms with Crippen molar-refractivity contribution in [3.05, 3.63) is 23.8 Å². The SMILES string of the molecule is CSC1(CNc2ccc(C(N)=O)cc2N)CCC1. The number of anilines is 2. The molecule has 5 heteroatoms. The maximum atomic E-state index is 11.0. The van der Waals surface area contributed by atoms with Gasteiger partial charge in [0.25, 0.3) is 0 Å². The molecule has 1 aromatic carbocycles. The molecule has 18 heavy (non-hydrogen) atoms. The van der Waals surface area contributed by atoms with E-state index in [0.717, 1.165) is 12.2 Å². The highest BCUT2D eigenvalue weighted by atomic mass is 32.2. The molecule has 0 unspecified atom stereocenters. The molecule has 0 radical (unpaired) electrons. The highest BCUT2D eigenvalue weighted by Gasteiger charge is 2.35. The van der Waals surface area contributed by atoms with Crippen LogP contribution in [0.25, 0.3) is 0 Å². The monoisotopic (exact) mass is 265 g/mol. The quantitative estimate of drug-likeness (QED) is 0.712. The molecule has 0 aliphatic heterocycles. The summed E-state index contributed by atoms with van der Waals surface area (Å²) < 4.78 is 0.356. The first-order valence-corrected chi connectivity index (χ1v) is 7.27. The Morgan fingerprint density at radius 2 is 2.22 bits per heavy atom. The Morgan fingerprint density at radius 1 is 1.50 bits per heavy atom. The smallest absolute Gasteiger partial charge is 0.248 e.